The molecular weight excluding hydrogens is 234 g/mol. The van der Waals surface area contributed by atoms with Crippen molar-refractivity contribution in [2.45, 2.75) is 81.6 Å². The van der Waals surface area contributed by atoms with Gasteiger partial charge in [0.1, 0.15) is 0 Å². The highest BCUT2D eigenvalue weighted by atomic mass is 15.3. The van der Waals surface area contributed by atoms with Gasteiger partial charge in [0.15, 0.2) is 0 Å². The molecule has 4 atom stereocenters. The van der Waals surface area contributed by atoms with Crippen molar-refractivity contribution in [1.29, 1.82) is 0 Å². The fourth-order valence-corrected chi connectivity index (χ4v) is 5.52. The monoisotopic (exact) mass is 263 g/mol. The molecule has 4 fully saturated rings. The van der Waals surface area contributed by atoms with Gasteiger partial charge in [-0.1, -0.05) is 0 Å². The first-order chi connectivity index (χ1) is 9.35. The predicted molar refractivity (Wildman–Crippen MR) is 78.3 cm³/mol. The zero-order valence-corrected chi connectivity index (χ0v) is 12.4. The lowest BCUT2D eigenvalue weighted by molar-refractivity contribution is 0.0236. The summed E-state index contributed by atoms with van der Waals surface area (Å²) >= 11 is 0. The topological polar surface area (TPSA) is 18.5 Å². The van der Waals surface area contributed by atoms with Crippen LogP contribution in [0, 0.1) is 0 Å². The van der Waals surface area contributed by atoms with Crippen LogP contribution in [0.25, 0.3) is 0 Å². The molecule has 0 aliphatic carbocycles. The summed E-state index contributed by atoms with van der Waals surface area (Å²) in [6.07, 6.45) is 11.6. The van der Waals surface area contributed by atoms with Crippen LogP contribution < -0.4 is 5.32 Å². The van der Waals surface area contributed by atoms with E-state index < -0.39 is 0 Å². The summed E-state index contributed by atoms with van der Waals surface area (Å²) < 4.78 is 0. The largest absolute Gasteiger partial charge is 0.317 e. The van der Waals surface area contributed by atoms with Crippen LogP contribution in [0.5, 0.6) is 0 Å². The van der Waals surface area contributed by atoms with Gasteiger partial charge >= 0.3 is 0 Å². The van der Waals surface area contributed by atoms with E-state index in [9.17, 15) is 0 Å². The minimum atomic E-state index is 0.792. The van der Waals surface area contributed by atoms with Crippen molar-refractivity contribution in [3.05, 3.63) is 0 Å². The summed E-state index contributed by atoms with van der Waals surface area (Å²) in [5, 5.41) is 3.53. The van der Waals surface area contributed by atoms with Crippen LogP contribution >= 0.6 is 0 Å². The van der Waals surface area contributed by atoms with Crippen molar-refractivity contribution >= 4 is 0 Å². The quantitative estimate of drug-likeness (QED) is 0.820. The van der Waals surface area contributed by atoms with E-state index in [2.05, 4.69) is 22.2 Å². The fourth-order valence-electron chi connectivity index (χ4n) is 5.52. The lowest BCUT2D eigenvalue weighted by Gasteiger charge is -2.47. The van der Waals surface area contributed by atoms with E-state index in [4.69, 9.17) is 0 Å². The third-order valence-electron chi connectivity index (χ3n) is 6.41. The summed E-state index contributed by atoms with van der Waals surface area (Å²) in [4.78, 5) is 5.74. The smallest absolute Gasteiger partial charge is 0.0128 e. The van der Waals surface area contributed by atoms with Crippen molar-refractivity contribution in [3.63, 3.8) is 0 Å². The maximum atomic E-state index is 3.53. The molecule has 4 aliphatic heterocycles. The molecule has 3 heteroatoms. The maximum absolute atomic E-state index is 3.53. The second-order valence-electron chi connectivity index (χ2n) is 7.30. The molecular formula is C16H29N3. The lowest BCUT2D eigenvalue weighted by atomic mass is 9.90. The Labute approximate surface area is 117 Å². The normalized spacial score (nSPS) is 47.5. The van der Waals surface area contributed by atoms with Gasteiger partial charge in [-0.05, 0) is 71.5 Å². The molecule has 19 heavy (non-hydrogen) atoms. The summed E-state index contributed by atoms with van der Waals surface area (Å²) in [5.74, 6) is 0. The minimum Gasteiger partial charge on any atom is -0.317 e. The van der Waals surface area contributed by atoms with Gasteiger partial charge in [-0.25, -0.2) is 0 Å². The Morgan fingerprint density at radius 2 is 1.53 bits per heavy atom. The number of rotatable bonds is 2. The van der Waals surface area contributed by atoms with Crippen LogP contribution in [-0.4, -0.2) is 60.1 Å². The first kappa shape index (κ1) is 12.6. The van der Waals surface area contributed by atoms with Gasteiger partial charge in [-0.2, -0.15) is 0 Å². The number of hydrogen-bond acceptors (Lipinski definition) is 3. The van der Waals surface area contributed by atoms with Crippen molar-refractivity contribution in [2.24, 2.45) is 0 Å². The molecule has 108 valence electrons. The van der Waals surface area contributed by atoms with Crippen LogP contribution in [0.15, 0.2) is 0 Å². The third kappa shape index (κ3) is 2.14. The number of nitrogens with zero attached hydrogens (tertiary/aromatic N) is 2. The van der Waals surface area contributed by atoms with Gasteiger partial charge in [0.2, 0.25) is 0 Å². The number of piperidine rings is 2. The summed E-state index contributed by atoms with van der Waals surface area (Å²) in [5.41, 5.74) is 0. The first-order valence-electron chi connectivity index (χ1n) is 8.54. The van der Waals surface area contributed by atoms with Crippen molar-refractivity contribution in [2.75, 3.05) is 20.1 Å². The van der Waals surface area contributed by atoms with Crippen molar-refractivity contribution < 1.29 is 0 Å². The van der Waals surface area contributed by atoms with E-state index in [1.54, 1.807) is 0 Å². The van der Waals surface area contributed by atoms with E-state index in [1.807, 2.05) is 0 Å². The highest BCUT2D eigenvalue weighted by molar-refractivity contribution is 5.02. The lowest BCUT2D eigenvalue weighted by Crippen LogP contribution is -2.56. The molecule has 4 saturated heterocycles. The van der Waals surface area contributed by atoms with Gasteiger partial charge < -0.3 is 10.2 Å². The molecule has 0 aromatic carbocycles. The molecule has 2 bridgehead atoms. The average Bonchev–Trinajstić information content (AvgIpc) is 3.00. The Kier molecular flexibility index (Phi) is 3.33. The summed E-state index contributed by atoms with van der Waals surface area (Å²) in [6.45, 7) is 2.76. The molecule has 0 radical (unpaired) electrons. The van der Waals surface area contributed by atoms with E-state index >= 15 is 0 Å². The van der Waals surface area contributed by atoms with Crippen LogP contribution in [0.4, 0.5) is 0 Å². The van der Waals surface area contributed by atoms with Gasteiger partial charge in [0.25, 0.3) is 0 Å². The molecule has 0 aromatic heterocycles. The van der Waals surface area contributed by atoms with E-state index in [-0.39, 0.29) is 0 Å². The molecule has 1 N–H and O–H groups in total. The highest BCUT2D eigenvalue weighted by Crippen LogP contribution is 2.41. The van der Waals surface area contributed by atoms with Gasteiger partial charge in [-0.3, -0.25) is 4.90 Å². The van der Waals surface area contributed by atoms with E-state index in [0.717, 1.165) is 30.2 Å². The molecule has 4 aliphatic rings. The summed E-state index contributed by atoms with van der Waals surface area (Å²) in [6, 6.07) is 4.43. The molecule has 0 saturated carbocycles. The molecule has 0 aromatic rings. The Hall–Kier alpha value is -0.120. The molecule has 4 heterocycles. The summed E-state index contributed by atoms with van der Waals surface area (Å²) in [7, 11) is 2.15. The second kappa shape index (κ2) is 5.01. The fraction of sp³-hybridized carbons (Fsp3) is 1.00. The number of hydrogen-bond donors (Lipinski definition) is 1. The van der Waals surface area contributed by atoms with Crippen LogP contribution in [0.1, 0.15) is 51.4 Å². The minimum absolute atomic E-state index is 0.792. The molecule has 0 amide bonds. The zero-order valence-electron chi connectivity index (χ0n) is 12.4. The van der Waals surface area contributed by atoms with Gasteiger partial charge in [0.05, 0.1) is 0 Å². The Morgan fingerprint density at radius 3 is 2.26 bits per heavy atom. The Bertz CT molecular complexity index is 318. The Balaban J connectivity index is 1.45. The van der Waals surface area contributed by atoms with Crippen LogP contribution in [-0.2, 0) is 0 Å². The van der Waals surface area contributed by atoms with Gasteiger partial charge in [-0.15, -0.1) is 0 Å². The predicted octanol–water partition coefficient (Wildman–Crippen LogP) is 1.83. The van der Waals surface area contributed by atoms with Crippen LogP contribution in [0.2, 0.25) is 0 Å². The highest BCUT2D eigenvalue weighted by Gasteiger charge is 2.45. The van der Waals surface area contributed by atoms with E-state index in [0.29, 0.717) is 0 Å². The number of fused-ring (bicyclic) bond motifs is 3. The standard InChI is InChI=1S/C16H29N3/c1-17-12-9-14-4-5-15(10-12)19(14)16-6-8-18-7-2-3-13(18)11-16/h12-17H,2-11H2,1H3. The average molecular weight is 263 g/mol. The van der Waals surface area contributed by atoms with Crippen molar-refractivity contribution in [1.82, 2.24) is 15.1 Å². The van der Waals surface area contributed by atoms with Gasteiger partial charge in [0, 0.05) is 30.2 Å². The number of nitrogens with one attached hydrogen (secondary N) is 1. The molecule has 4 rings (SSSR count). The first-order valence-corrected chi connectivity index (χ1v) is 8.54. The van der Waals surface area contributed by atoms with Crippen LogP contribution in [0.3, 0.4) is 0 Å². The third-order valence-corrected chi connectivity index (χ3v) is 6.41. The zero-order chi connectivity index (χ0) is 12.8. The molecule has 0 spiro atoms. The van der Waals surface area contributed by atoms with E-state index in [1.165, 1.54) is 64.5 Å². The molecule has 3 nitrogen and oxygen atoms in total. The molecule has 4 unspecified atom stereocenters. The SMILES string of the molecule is CNC1CC2CCC(C1)N2C1CCN2CCCC2C1. The second-order valence-corrected chi connectivity index (χ2v) is 7.30. The van der Waals surface area contributed by atoms with Crippen molar-refractivity contribution in [3.8, 4) is 0 Å². The Morgan fingerprint density at radius 1 is 0.789 bits per heavy atom. The maximum Gasteiger partial charge on any atom is 0.0128 e.